The number of nitrogens with zero attached hydrogens (tertiary/aromatic N) is 3. The zero-order valence-electron chi connectivity index (χ0n) is 16.0. The van der Waals surface area contributed by atoms with E-state index in [2.05, 4.69) is 41.0 Å². The van der Waals surface area contributed by atoms with Gasteiger partial charge in [0, 0.05) is 19.7 Å². The van der Waals surface area contributed by atoms with Crippen molar-refractivity contribution in [3.8, 4) is 0 Å². The number of aromatic amines is 1. The Hall–Kier alpha value is -2.09. The number of rotatable bonds is 7. The van der Waals surface area contributed by atoms with E-state index in [1.165, 1.54) is 0 Å². The molecule has 8 nitrogen and oxygen atoms in total. The first-order valence-corrected chi connectivity index (χ1v) is 9.53. The van der Waals surface area contributed by atoms with E-state index in [1.807, 2.05) is 0 Å². The fourth-order valence-electron chi connectivity index (χ4n) is 3.63. The molecule has 0 spiro atoms. The monoisotopic (exact) mass is 362 g/mol. The van der Waals surface area contributed by atoms with E-state index in [4.69, 9.17) is 10.5 Å². The molecule has 1 aliphatic heterocycles. The molecule has 3 rings (SSSR count). The second kappa shape index (κ2) is 7.65. The van der Waals surface area contributed by atoms with Gasteiger partial charge in [0.1, 0.15) is 5.52 Å². The van der Waals surface area contributed by atoms with Crippen molar-refractivity contribution in [1.29, 1.82) is 0 Å². The van der Waals surface area contributed by atoms with Gasteiger partial charge >= 0.3 is 5.69 Å². The lowest BCUT2D eigenvalue weighted by Crippen LogP contribution is -2.34. The lowest BCUT2D eigenvalue weighted by molar-refractivity contribution is -0.0740. The molecule has 0 amide bonds. The number of nitrogens with one attached hydrogen (secondary N) is 2. The molecule has 2 aromatic heterocycles. The van der Waals surface area contributed by atoms with E-state index in [-0.39, 0.29) is 11.3 Å². The first kappa shape index (κ1) is 18.7. The number of anilines is 2. The fourth-order valence-corrected chi connectivity index (χ4v) is 3.63. The predicted octanol–water partition coefficient (Wildman–Crippen LogP) is 2.51. The number of aryl methyl sites for hydroxylation is 1. The molecule has 1 atom stereocenters. The zero-order chi connectivity index (χ0) is 18.7. The van der Waals surface area contributed by atoms with Crippen molar-refractivity contribution in [2.75, 3.05) is 24.2 Å². The number of nitrogen functional groups attached to an aromatic ring is 1. The molecule has 144 valence electrons. The minimum absolute atomic E-state index is 0.0863. The van der Waals surface area contributed by atoms with Gasteiger partial charge in [-0.05, 0) is 45.4 Å². The summed E-state index contributed by atoms with van der Waals surface area (Å²) in [6, 6.07) is 0. The van der Waals surface area contributed by atoms with E-state index < -0.39 is 0 Å². The standard InChI is InChI=1S/C18H30N6O2/c1-4-5-8-20-16-22-14(19)13-15(23-16)24(17(25)21-13)9-6-12-7-10-26-18(2,3)11-12/h12H,4-11H2,1-3H3,(H,21,25)(H3,19,20,22,23). The summed E-state index contributed by atoms with van der Waals surface area (Å²) in [6.45, 7) is 8.55. The van der Waals surface area contributed by atoms with Gasteiger partial charge in [-0.2, -0.15) is 9.97 Å². The maximum Gasteiger partial charge on any atom is 0.327 e. The summed E-state index contributed by atoms with van der Waals surface area (Å²) in [5.74, 6) is 1.32. The Bertz CT molecular complexity index is 810. The van der Waals surface area contributed by atoms with Gasteiger partial charge in [-0.3, -0.25) is 4.57 Å². The van der Waals surface area contributed by atoms with Crippen LogP contribution in [0.1, 0.15) is 52.9 Å². The maximum atomic E-state index is 12.4. The van der Waals surface area contributed by atoms with Crippen molar-refractivity contribution in [3.05, 3.63) is 10.5 Å². The molecule has 1 unspecified atom stereocenters. The summed E-state index contributed by atoms with van der Waals surface area (Å²) in [5, 5.41) is 3.18. The minimum atomic E-state index is -0.182. The van der Waals surface area contributed by atoms with Crippen LogP contribution in [0.15, 0.2) is 4.79 Å². The van der Waals surface area contributed by atoms with Crippen LogP contribution in [0.3, 0.4) is 0 Å². The Labute approximate surface area is 153 Å². The number of hydrogen-bond donors (Lipinski definition) is 3. The number of imidazole rings is 1. The maximum absolute atomic E-state index is 12.4. The SMILES string of the molecule is CCCCNc1nc(N)c2[nH]c(=O)n(CCC3CCOC(C)(C)C3)c2n1. The number of fused-ring (bicyclic) bond motifs is 1. The van der Waals surface area contributed by atoms with E-state index in [9.17, 15) is 4.79 Å². The first-order chi connectivity index (χ1) is 12.4. The quantitative estimate of drug-likeness (QED) is 0.653. The summed E-state index contributed by atoms with van der Waals surface area (Å²) in [7, 11) is 0. The molecule has 0 radical (unpaired) electrons. The fraction of sp³-hybridized carbons (Fsp3) is 0.722. The third kappa shape index (κ3) is 4.17. The topological polar surface area (TPSA) is 111 Å². The number of nitrogens with two attached hydrogens (primary N) is 1. The van der Waals surface area contributed by atoms with Gasteiger partial charge in [-0.25, -0.2) is 4.79 Å². The molecular formula is C18H30N6O2. The van der Waals surface area contributed by atoms with Crippen LogP contribution in [0.2, 0.25) is 0 Å². The Kier molecular flexibility index (Phi) is 5.50. The van der Waals surface area contributed by atoms with E-state index >= 15 is 0 Å². The molecule has 1 saturated heterocycles. The van der Waals surface area contributed by atoms with Gasteiger partial charge in [-0.15, -0.1) is 0 Å². The highest BCUT2D eigenvalue weighted by atomic mass is 16.5. The molecule has 1 aliphatic rings. The third-order valence-corrected chi connectivity index (χ3v) is 5.02. The number of hydrogen-bond acceptors (Lipinski definition) is 6. The average molecular weight is 362 g/mol. The van der Waals surface area contributed by atoms with Crippen LogP contribution in [0, 0.1) is 5.92 Å². The summed E-state index contributed by atoms with van der Waals surface area (Å²) >= 11 is 0. The molecule has 1 fully saturated rings. The number of aromatic nitrogens is 4. The number of unbranched alkanes of at least 4 members (excludes halogenated alkanes) is 1. The summed E-state index contributed by atoms with van der Waals surface area (Å²) in [4.78, 5) is 24.0. The van der Waals surface area contributed by atoms with Crippen LogP contribution in [-0.4, -0.2) is 38.3 Å². The van der Waals surface area contributed by atoms with Gasteiger partial charge < -0.3 is 20.8 Å². The first-order valence-electron chi connectivity index (χ1n) is 9.53. The summed E-state index contributed by atoms with van der Waals surface area (Å²) < 4.78 is 7.47. The van der Waals surface area contributed by atoms with Gasteiger partial charge in [0.2, 0.25) is 5.95 Å². The van der Waals surface area contributed by atoms with Crippen LogP contribution >= 0.6 is 0 Å². The zero-order valence-corrected chi connectivity index (χ0v) is 16.0. The smallest absolute Gasteiger partial charge is 0.327 e. The van der Waals surface area contributed by atoms with E-state index in [0.29, 0.717) is 35.4 Å². The highest BCUT2D eigenvalue weighted by molar-refractivity contribution is 5.82. The minimum Gasteiger partial charge on any atom is -0.382 e. The molecular weight excluding hydrogens is 332 g/mol. The van der Waals surface area contributed by atoms with Crippen molar-refractivity contribution in [3.63, 3.8) is 0 Å². The highest BCUT2D eigenvalue weighted by Crippen LogP contribution is 2.31. The molecule has 3 heterocycles. The van der Waals surface area contributed by atoms with E-state index in [0.717, 1.165) is 45.3 Å². The van der Waals surface area contributed by atoms with Crippen molar-refractivity contribution < 1.29 is 4.74 Å². The van der Waals surface area contributed by atoms with Gasteiger partial charge in [0.15, 0.2) is 11.5 Å². The van der Waals surface area contributed by atoms with Gasteiger partial charge in [0.25, 0.3) is 0 Å². The number of H-pyrrole nitrogens is 1. The van der Waals surface area contributed by atoms with Crippen LogP contribution < -0.4 is 16.7 Å². The molecule has 0 aliphatic carbocycles. The molecule has 2 aromatic rings. The molecule has 26 heavy (non-hydrogen) atoms. The molecule has 0 aromatic carbocycles. The molecule has 4 N–H and O–H groups in total. The van der Waals surface area contributed by atoms with Crippen LogP contribution in [0.4, 0.5) is 11.8 Å². The molecule has 0 saturated carbocycles. The van der Waals surface area contributed by atoms with E-state index in [1.54, 1.807) is 4.57 Å². The van der Waals surface area contributed by atoms with Gasteiger partial charge in [-0.1, -0.05) is 13.3 Å². The summed E-state index contributed by atoms with van der Waals surface area (Å²) in [5.41, 5.74) is 6.85. The Morgan fingerprint density at radius 1 is 1.42 bits per heavy atom. The van der Waals surface area contributed by atoms with Gasteiger partial charge in [0.05, 0.1) is 5.60 Å². The largest absolute Gasteiger partial charge is 0.382 e. The summed E-state index contributed by atoms with van der Waals surface area (Å²) in [6.07, 6.45) is 5.07. The van der Waals surface area contributed by atoms with Crippen molar-refractivity contribution >= 4 is 22.9 Å². The third-order valence-electron chi connectivity index (χ3n) is 5.02. The van der Waals surface area contributed by atoms with Crippen LogP contribution in [0.5, 0.6) is 0 Å². The normalized spacial score (nSPS) is 19.7. The molecule has 8 heteroatoms. The van der Waals surface area contributed by atoms with Crippen LogP contribution in [0.25, 0.3) is 11.2 Å². The molecule has 0 bridgehead atoms. The van der Waals surface area contributed by atoms with Crippen LogP contribution in [-0.2, 0) is 11.3 Å². The van der Waals surface area contributed by atoms with Crippen molar-refractivity contribution in [2.24, 2.45) is 5.92 Å². The number of ether oxygens (including phenoxy) is 1. The second-order valence-corrected chi connectivity index (χ2v) is 7.75. The lowest BCUT2D eigenvalue weighted by Gasteiger charge is -2.35. The second-order valence-electron chi connectivity index (χ2n) is 7.75. The Morgan fingerprint density at radius 3 is 2.96 bits per heavy atom. The Balaban J connectivity index is 1.78. The van der Waals surface area contributed by atoms with Crippen molar-refractivity contribution in [2.45, 2.75) is 65.0 Å². The highest BCUT2D eigenvalue weighted by Gasteiger charge is 2.28. The predicted molar refractivity (Wildman–Crippen MR) is 103 cm³/mol. The lowest BCUT2D eigenvalue weighted by atomic mass is 9.86. The average Bonchev–Trinajstić information content (AvgIpc) is 2.89. The van der Waals surface area contributed by atoms with Crippen molar-refractivity contribution in [1.82, 2.24) is 19.5 Å². The Morgan fingerprint density at radius 2 is 2.23 bits per heavy atom.